The molecule has 6 heteroatoms. The Bertz CT molecular complexity index is 761. The van der Waals surface area contributed by atoms with Crippen molar-refractivity contribution in [1.29, 1.82) is 0 Å². The van der Waals surface area contributed by atoms with Crippen LogP contribution in [-0.4, -0.2) is 15.3 Å². The van der Waals surface area contributed by atoms with Gasteiger partial charge in [0.25, 0.3) is 5.56 Å². The van der Waals surface area contributed by atoms with Crippen LogP contribution in [0.1, 0.15) is 22.8 Å². The minimum Gasteiger partial charge on any atom is -0.293 e. The predicted octanol–water partition coefficient (Wildman–Crippen LogP) is 1.12. The predicted molar refractivity (Wildman–Crippen MR) is 71.4 cm³/mol. The van der Waals surface area contributed by atoms with Gasteiger partial charge in [-0.25, -0.2) is 9.18 Å². The molecule has 2 aromatic rings. The van der Waals surface area contributed by atoms with E-state index >= 15 is 0 Å². The third-order valence-corrected chi connectivity index (χ3v) is 2.95. The van der Waals surface area contributed by atoms with E-state index in [-0.39, 0.29) is 12.1 Å². The molecule has 0 aliphatic heterocycles. The molecule has 0 bridgehead atoms. The molecule has 1 aromatic carbocycles. The van der Waals surface area contributed by atoms with Gasteiger partial charge in [-0.2, -0.15) is 0 Å². The molecule has 104 valence electrons. The van der Waals surface area contributed by atoms with Crippen LogP contribution < -0.4 is 11.2 Å². The van der Waals surface area contributed by atoms with Crippen molar-refractivity contribution in [2.75, 3.05) is 0 Å². The first-order chi connectivity index (χ1) is 9.52. The lowest BCUT2D eigenvalue weighted by Gasteiger charge is -2.06. The largest absolute Gasteiger partial charge is 0.328 e. The number of carbonyl (C=O) groups is 1. The van der Waals surface area contributed by atoms with Crippen LogP contribution in [0.5, 0.6) is 0 Å². The van der Waals surface area contributed by atoms with E-state index in [4.69, 9.17) is 0 Å². The average molecular weight is 276 g/mol. The van der Waals surface area contributed by atoms with Crippen LogP contribution in [0.25, 0.3) is 0 Å². The van der Waals surface area contributed by atoms with Crippen LogP contribution >= 0.6 is 0 Å². The first kappa shape index (κ1) is 13.9. The van der Waals surface area contributed by atoms with E-state index in [2.05, 4.69) is 4.98 Å². The van der Waals surface area contributed by atoms with Crippen LogP contribution in [0.4, 0.5) is 4.39 Å². The Balaban J connectivity index is 2.36. The molecule has 0 saturated heterocycles. The van der Waals surface area contributed by atoms with Crippen molar-refractivity contribution in [3.63, 3.8) is 0 Å². The lowest BCUT2D eigenvalue weighted by atomic mass is 10.1. The molecule has 0 saturated carbocycles. The van der Waals surface area contributed by atoms with Crippen LogP contribution in [0.3, 0.4) is 0 Å². The number of carbonyl (C=O) groups excluding carboxylic acids is 1. The van der Waals surface area contributed by atoms with E-state index in [1.54, 1.807) is 13.0 Å². The molecule has 1 heterocycles. The number of H-pyrrole nitrogens is 1. The molecule has 0 spiro atoms. The fourth-order valence-electron chi connectivity index (χ4n) is 1.85. The molecule has 2 rings (SSSR count). The Labute approximate surface area is 113 Å². The normalized spacial score (nSPS) is 10.5. The summed E-state index contributed by atoms with van der Waals surface area (Å²) in [5.74, 6) is -1.16. The number of ketones is 1. The first-order valence-corrected chi connectivity index (χ1v) is 6.13. The van der Waals surface area contributed by atoms with Gasteiger partial charge in [-0.3, -0.25) is 19.1 Å². The van der Waals surface area contributed by atoms with Gasteiger partial charge < -0.3 is 0 Å². The fraction of sp³-hybridized carbons (Fsp3) is 0.214. The Morgan fingerprint density at radius 2 is 2.00 bits per heavy atom. The van der Waals surface area contributed by atoms with E-state index in [9.17, 15) is 18.8 Å². The van der Waals surface area contributed by atoms with E-state index < -0.39 is 22.8 Å². The summed E-state index contributed by atoms with van der Waals surface area (Å²) >= 11 is 0. The van der Waals surface area contributed by atoms with Crippen molar-refractivity contribution in [3.8, 4) is 0 Å². The van der Waals surface area contributed by atoms with Crippen molar-refractivity contribution >= 4 is 5.78 Å². The van der Waals surface area contributed by atoms with Crippen LogP contribution in [-0.2, 0) is 13.0 Å². The number of nitrogens with one attached hydrogen (secondary N) is 1. The van der Waals surface area contributed by atoms with Crippen molar-refractivity contribution < 1.29 is 9.18 Å². The number of aromatic nitrogens is 2. The smallest absolute Gasteiger partial charge is 0.293 e. The molecule has 0 atom stereocenters. The van der Waals surface area contributed by atoms with Gasteiger partial charge >= 0.3 is 5.69 Å². The van der Waals surface area contributed by atoms with Gasteiger partial charge in [0.05, 0.1) is 12.1 Å². The zero-order valence-corrected chi connectivity index (χ0v) is 10.9. The Morgan fingerprint density at radius 3 is 2.65 bits per heavy atom. The van der Waals surface area contributed by atoms with E-state index in [1.165, 1.54) is 24.4 Å². The summed E-state index contributed by atoms with van der Waals surface area (Å²) in [7, 11) is 0. The van der Waals surface area contributed by atoms with Crippen molar-refractivity contribution in [2.24, 2.45) is 0 Å². The van der Waals surface area contributed by atoms with Gasteiger partial charge in [-0.05, 0) is 18.6 Å². The summed E-state index contributed by atoms with van der Waals surface area (Å²) in [5, 5.41) is 0. The molecular formula is C14H13FN2O3. The van der Waals surface area contributed by atoms with E-state index in [0.29, 0.717) is 12.0 Å². The monoisotopic (exact) mass is 276 g/mol. The second kappa shape index (κ2) is 5.64. The lowest BCUT2D eigenvalue weighted by molar-refractivity contribution is 0.0966. The van der Waals surface area contributed by atoms with E-state index in [1.807, 2.05) is 0 Å². The fourth-order valence-corrected chi connectivity index (χ4v) is 1.85. The topological polar surface area (TPSA) is 71.9 Å². The van der Waals surface area contributed by atoms with Crippen LogP contribution in [0.15, 0.2) is 40.1 Å². The highest BCUT2D eigenvalue weighted by molar-refractivity contribution is 5.96. The number of aromatic amines is 1. The summed E-state index contributed by atoms with van der Waals surface area (Å²) in [6.45, 7) is 1.45. The number of aryl methyl sites for hydroxylation is 1. The van der Waals surface area contributed by atoms with Crippen LogP contribution in [0.2, 0.25) is 0 Å². The number of hydrogen-bond acceptors (Lipinski definition) is 3. The number of hydrogen-bond donors (Lipinski definition) is 1. The van der Waals surface area contributed by atoms with Gasteiger partial charge in [0.1, 0.15) is 5.82 Å². The zero-order chi connectivity index (χ0) is 14.7. The van der Waals surface area contributed by atoms with E-state index in [0.717, 1.165) is 4.57 Å². The lowest BCUT2D eigenvalue weighted by Crippen LogP contribution is -2.33. The molecule has 0 radical (unpaired) electrons. The van der Waals surface area contributed by atoms with Gasteiger partial charge in [0, 0.05) is 11.8 Å². The maximum absolute atomic E-state index is 13.5. The highest BCUT2D eigenvalue weighted by Crippen LogP contribution is 2.08. The summed E-state index contributed by atoms with van der Waals surface area (Å²) in [6.07, 6.45) is 1.77. The van der Waals surface area contributed by atoms with Crippen molar-refractivity contribution in [2.45, 2.75) is 19.9 Å². The molecule has 20 heavy (non-hydrogen) atoms. The minimum atomic E-state index is -0.683. The van der Waals surface area contributed by atoms with Crippen molar-refractivity contribution in [3.05, 3.63) is 68.2 Å². The standard InChI is InChI=1S/C14H13FN2O3/c1-2-9-7-17(14(20)16-13(9)19)8-12(18)10-5-3-4-6-11(10)15/h3-7H,2,8H2,1H3,(H,16,19,20). The molecular weight excluding hydrogens is 263 g/mol. The number of nitrogens with zero attached hydrogens (tertiary/aromatic N) is 1. The SMILES string of the molecule is CCc1cn(CC(=O)c2ccccc2F)c(=O)[nH]c1=O. The summed E-state index contributed by atoms with van der Waals surface area (Å²) in [5.41, 5.74) is -0.835. The summed E-state index contributed by atoms with van der Waals surface area (Å²) in [6, 6.07) is 5.56. The van der Waals surface area contributed by atoms with Gasteiger partial charge in [-0.1, -0.05) is 19.1 Å². The first-order valence-electron chi connectivity index (χ1n) is 6.13. The summed E-state index contributed by atoms with van der Waals surface area (Å²) < 4.78 is 14.6. The Morgan fingerprint density at radius 1 is 1.30 bits per heavy atom. The van der Waals surface area contributed by atoms with Crippen LogP contribution in [0, 0.1) is 5.82 Å². The maximum atomic E-state index is 13.5. The third-order valence-electron chi connectivity index (χ3n) is 2.95. The third kappa shape index (κ3) is 2.74. The number of Topliss-reactive ketones (excluding diaryl/α,β-unsaturated/α-hetero) is 1. The quantitative estimate of drug-likeness (QED) is 0.851. The molecule has 0 aliphatic rings. The van der Waals surface area contributed by atoms with Gasteiger partial charge in [0.15, 0.2) is 5.78 Å². The molecule has 1 aromatic heterocycles. The molecule has 0 unspecified atom stereocenters. The molecule has 0 fully saturated rings. The average Bonchev–Trinajstić information content (AvgIpc) is 2.42. The number of benzene rings is 1. The molecule has 1 N–H and O–H groups in total. The summed E-state index contributed by atoms with van der Waals surface area (Å²) in [4.78, 5) is 37.2. The second-order valence-electron chi connectivity index (χ2n) is 4.30. The van der Waals surface area contributed by atoms with Gasteiger partial charge in [-0.15, -0.1) is 0 Å². The highest BCUT2D eigenvalue weighted by Gasteiger charge is 2.13. The Kier molecular flexibility index (Phi) is 3.93. The minimum absolute atomic E-state index is 0.0800. The zero-order valence-electron chi connectivity index (χ0n) is 10.9. The van der Waals surface area contributed by atoms with Crippen molar-refractivity contribution in [1.82, 2.24) is 9.55 Å². The molecule has 0 amide bonds. The highest BCUT2D eigenvalue weighted by atomic mass is 19.1. The second-order valence-corrected chi connectivity index (χ2v) is 4.30. The molecule has 0 aliphatic carbocycles. The Hall–Kier alpha value is -2.50. The number of rotatable bonds is 4. The maximum Gasteiger partial charge on any atom is 0.328 e. The van der Waals surface area contributed by atoms with Gasteiger partial charge in [0.2, 0.25) is 0 Å². The molecule has 5 nitrogen and oxygen atoms in total. The number of halogens is 1.